The van der Waals surface area contributed by atoms with Crippen molar-refractivity contribution < 1.29 is 14.2 Å². The van der Waals surface area contributed by atoms with E-state index in [4.69, 9.17) is 14.2 Å². The van der Waals surface area contributed by atoms with Crippen LogP contribution in [0.3, 0.4) is 0 Å². The summed E-state index contributed by atoms with van der Waals surface area (Å²) in [7, 11) is 4.96. The van der Waals surface area contributed by atoms with Crippen molar-refractivity contribution in [2.75, 3.05) is 26.2 Å². The van der Waals surface area contributed by atoms with Crippen LogP contribution in [0.1, 0.15) is 0 Å². The second kappa shape index (κ2) is 9.20. The Kier molecular flexibility index (Phi) is 6.91. The monoisotopic (exact) mass is 569 g/mol. The molecular formula is C21H18Br3NO3. The normalized spacial score (nSPS) is 10.5. The zero-order chi connectivity index (χ0) is 20.3. The number of methoxy groups -OCH3 is 3. The summed E-state index contributed by atoms with van der Waals surface area (Å²) >= 11 is 10.5. The summed E-state index contributed by atoms with van der Waals surface area (Å²) in [6, 6.07) is 17.7. The summed E-state index contributed by atoms with van der Waals surface area (Å²) in [5.41, 5.74) is 2.56. The average molecular weight is 572 g/mol. The maximum Gasteiger partial charge on any atom is 0.143 e. The zero-order valence-corrected chi connectivity index (χ0v) is 20.3. The quantitative estimate of drug-likeness (QED) is 0.307. The highest BCUT2D eigenvalue weighted by atomic mass is 79.9. The molecule has 0 saturated carbocycles. The van der Waals surface area contributed by atoms with E-state index in [1.54, 1.807) is 21.3 Å². The number of hydrogen-bond acceptors (Lipinski definition) is 4. The summed E-state index contributed by atoms with van der Waals surface area (Å²) in [5, 5.41) is 0. The van der Waals surface area contributed by atoms with Crippen molar-refractivity contribution >= 4 is 64.9 Å². The molecule has 0 aromatic heterocycles. The van der Waals surface area contributed by atoms with E-state index in [0.717, 1.165) is 30.5 Å². The van der Waals surface area contributed by atoms with Gasteiger partial charge in [0.05, 0.1) is 38.4 Å². The average Bonchev–Trinajstić information content (AvgIpc) is 2.70. The molecule has 0 bridgehead atoms. The first-order valence-electron chi connectivity index (χ1n) is 8.29. The van der Waals surface area contributed by atoms with Gasteiger partial charge in [-0.1, -0.05) is 47.8 Å². The SMILES string of the molecule is COc1cc(Br)ccc1N(c1ccc(Br)cc1OC)c1ccc(Br)cc1OC. The predicted molar refractivity (Wildman–Crippen MR) is 124 cm³/mol. The van der Waals surface area contributed by atoms with Crippen LogP contribution in [0.5, 0.6) is 17.2 Å². The fourth-order valence-corrected chi connectivity index (χ4v) is 3.92. The number of nitrogens with zero attached hydrogens (tertiary/aromatic N) is 1. The van der Waals surface area contributed by atoms with Gasteiger partial charge in [-0.05, 0) is 54.6 Å². The first-order valence-corrected chi connectivity index (χ1v) is 10.7. The fraction of sp³-hybridized carbons (Fsp3) is 0.143. The topological polar surface area (TPSA) is 30.9 Å². The van der Waals surface area contributed by atoms with Gasteiger partial charge >= 0.3 is 0 Å². The summed E-state index contributed by atoms with van der Waals surface area (Å²) in [5.74, 6) is 2.14. The number of hydrogen-bond donors (Lipinski definition) is 0. The van der Waals surface area contributed by atoms with Crippen LogP contribution in [0, 0.1) is 0 Å². The van der Waals surface area contributed by atoms with Crippen LogP contribution in [0.15, 0.2) is 68.0 Å². The van der Waals surface area contributed by atoms with E-state index in [9.17, 15) is 0 Å². The molecule has 0 N–H and O–H groups in total. The molecule has 0 aliphatic carbocycles. The molecule has 3 aromatic rings. The lowest BCUT2D eigenvalue weighted by molar-refractivity contribution is 0.409. The first kappa shape index (κ1) is 21.0. The van der Waals surface area contributed by atoms with Crippen LogP contribution in [-0.2, 0) is 0 Å². The number of benzene rings is 3. The van der Waals surface area contributed by atoms with E-state index in [2.05, 4.69) is 52.7 Å². The van der Waals surface area contributed by atoms with Gasteiger partial charge in [0.25, 0.3) is 0 Å². The highest BCUT2D eigenvalue weighted by Crippen LogP contribution is 2.48. The van der Waals surface area contributed by atoms with Gasteiger partial charge in [-0.25, -0.2) is 0 Å². The molecule has 0 radical (unpaired) electrons. The number of anilines is 3. The van der Waals surface area contributed by atoms with Crippen molar-refractivity contribution in [3.05, 3.63) is 68.0 Å². The Bertz CT molecular complexity index is 867. The number of halogens is 3. The largest absolute Gasteiger partial charge is 0.495 e. The lowest BCUT2D eigenvalue weighted by Crippen LogP contribution is -2.13. The molecule has 4 nitrogen and oxygen atoms in total. The van der Waals surface area contributed by atoms with Crippen molar-refractivity contribution in [1.29, 1.82) is 0 Å². The molecule has 0 aliphatic heterocycles. The Morgan fingerprint density at radius 2 is 0.821 bits per heavy atom. The highest BCUT2D eigenvalue weighted by Gasteiger charge is 2.23. The highest BCUT2D eigenvalue weighted by molar-refractivity contribution is 9.11. The molecule has 28 heavy (non-hydrogen) atoms. The van der Waals surface area contributed by atoms with Crippen LogP contribution in [0.4, 0.5) is 17.1 Å². The molecule has 0 amide bonds. The van der Waals surface area contributed by atoms with E-state index in [1.165, 1.54) is 0 Å². The van der Waals surface area contributed by atoms with E-state index in [0.29, 0.717) is 17.2 Å². The van der Waals surface area contributed by atoms with Gasteiger partial charge in [0.1, 0.15) is 17.2 Å². The summed E-state index contributed by atoms with van der Waals surface area (Å²) < 4.78 is 19.8. The minimum Gasteiger partial charge on any atom is -0.495 e. The first-order chi connectivity index (χ1) is 13.5. The Morgan fingerprint density at radius 3 is 1.07 bits per heavy atom. The van der Waals surface area contributed by atoms with Crippen molar-refractivity contribution in [2.24, 2.45) is 0 Å². The molecule has 146 valence electrons. The standard InChI is InChI=1S/C21H18Br3NO3/c1-26-19-10-13(22)4-7-16(19)25(17-8-5-14(23)11-20(17)27-2)18-9-6-15(24)12-21(18)28-3/h4-12H,1-3H3. The summed E-state index contributed by atoms with van der Waals surface area (Å²) in [4.78, 5) is 2.06. The Hall–Kier alpha value is -1.70. The summed E-state index contributed by atoms with van der Waals surface area (Å²) in [6.07, 6.45) is 0. The zero-order valence-electron chi connectivity index (χ0n) is 15.5. The molecular weight excluding hydrogens is 554 g/mol. The fourth-order valence-electron chi connectivity index (χ4n) is 2.90. The molecule has 0 spiro atoms. The molecule has 3 rings (SSSR count). The molecule has 7 heteroatoms. The smallest absolute Gasteiger partial charge is 0.143 e. The lowest BCUT2D eigenvalue weighted by atomic mass is 10.1. The van der Waals surface area contributed by atoms with Gasteiger partial charge in [0.2, 0.25) is 0 Å². The Morgan fingerprint density at radius 1 is 0.536 bits per heavy atom. The van der Waals surface area contributed by atoms with E-state index < -0.39 is 0 Å². The minimum absolute atomic E-state index is 0.712. The van der Waals surface area contributed by atoms with Gasteiger partial charge in [-0.15, -0.1) is 0 Å². The minimum atomic E-state index is 0.712. The Balaban J connectivity index is 2.33. The van der Waals surface area contributed by atoms with Crippen molar-refractivity contribution in [3.63, 3.8) is 0 Å². The van der Waals surface area contributed by atoms with Crippen LogP contribution >= 0.6 is 47.8 Å². The molecule has 3 aromatic carbocycles. The van der Waals surface area contributed by atoms with Gasteiger partial charge in [-0.2, -0.15) is 0 Å². The number of rotatable bonds is 6. The summed E-state index contributed by atoms with van der Waals surface area (Å²) in [6.45, 7) is 0. The van der Waals surface area contributed by atoms with Gasteiger partial charge in [0.15, 0.2) is 0 Å². The maximum atomic E-state index is 5.67. The van der Waals surface area contributed by atoms with E-state index >= 15 is 0 Å². The Labute approximate surface area is 189 Å². The van der Waals surface area contributed by atoms with Gasteiger partial charge in [-0.3, -0.25) is 4.90 Å². The van der Waals surface area contributed by atoms with Crippen LogP contribution in [0.25, 0.3) is 0 Å². The van der Waals surface area contributed by atoms with Crippen molar-refractivity contribution in [3.8, 4) is 17.2 Å². The molecule has 0 atom stereocenters. The third-order valence-corrected chi connectivity index (χ3v) is 5.63. The second-order valence-electron chi connectivity index (χ2n) is 5.78. The van der Waals surface area contributed by atoms with E-state index in [-0.39, 0.29) is 0 Å². The molecule has 0 aliphatic rings. The molecule has 0 unspecified atom stereocenters. The van der Waals surface area contributed by atoms with Crippen molar-refractivity contribution in [1.82, 2.24) is 0 Å². The maximum absolute atomic E-state index is 5.67. The van der Waals surface area contributed by atoms with Crippen LogP contribution < -0.4 is 19.1 Å². The van der Waals surface area contributed by atoms with Crippen LogP contribution in [-0.4, -0.2) is 21.3 Å². The van der Waals surface area contributed by atoms with Gasteiger partial charge in [0, 0.05) is 13.4 Å². The lowest BCUT2D eigenvalue weighted by Gasteiger charge is -2.29. The van der Waals surface area contributed by atoms with Crippen LogP contribution in [0.2, 0.25) is 0 Å². The third-order valence-electron chi connectivity index (χ3n) is 4.15. The van der Waals surface area contributed by atoms with Crippen molar-refractivity contribution in [2.45, 2.75) is 0 Å². The third kappa shape index (κ3) is 4.31. The van der Waals surface area contributed by atoms with E-state index in [1.807, 2.05) is 54.6 Å². The second-order valence-corrected chi connectivity index (χ2v) is 8.53. The van der Waals surface area contributed by atoms with Gasteiger partial charge < -0.3 is 14.2 Å². The number of ether oxygens (including phenoxy) is 3. The molecule has 0 saturated heterocycles. The molecule has 0 heterocycles. The molecule has 0 fully saturated rings. The predicted octanol–water partition coefficient (Wildman–Crippen LogP) is 7.47.